The van der Waals surface area contributed by atoms with Crippen LogP contribution in [0.2, 0.25) is 0 Å². The highest BCUT2D eigenvalue weighted by Crippen LogP contribution is 2.35. The van der Waals surface area contributed by atoms with Crippen molar-refractivity contribution in [3.63, 3.8) is 0 Å². The van der Waals surface area contributed by atoms with Gasteiger partial charge in [0.1, 0.15) is 17.6 Å². The van der Waals surface area contributed by atoms with Crippen molar-refractivity contribution in [2.24, 2.45) is 5.92 Å². The molecule has 0 aromatic rings. The fourth-order valence-corrected chi connectivity index (χ4v) is 1.78. The summed E-state index contributed by atoms with van der Waals surface area (Å²) in [4.78, 5) is 0. The van der Waals surface area contributed by atoms with Gasteiger partial charge in [0.25, 0.3) is 0 Å². The van der Waals surface area contributed by atoms with Gasteiger partial charge < -0.3 is 9.52 Å². The van der Waals surface area contributed by atoms with E-state index in [9.17, 15) is 5.11 Å². The van der Waals surface area contributed by atoms with E-state index in [1.165, 1.54) is 0 Å². The molecule has 80 valence electrons. The molecular formula is C13H16O2. The first-order valence-electron chi connectivity index (χ1n) is 5.26. The third kappa shape index (κ3) is 1.77. The van der Waals surface area contributed by atoms with Gasteiger partial charge in [-0.1, -0.05) is 32.0 Å². The molecular weight excluding hydrogens is 188 g/mol. The summed E-state index contributed by atoms with van der Waals surface area (Å²) in [5, 5.41) is 10.0. The first kappa shape index (κ1) is 10.2. The molecule has 0 aromatic heterocycles. The Morgan fingerprint density at radius 1 is 1.27 bits per heavy atom. The number of rotatable bonds is 2. The summed E-state index contributed by atoms with van der Waals surface area (Å²) in [7, 11) is 0. The lowest BCUT2D eigenvalue weighted by atomic mass is 9.99. The molecule has 0 radical (unpaired) electrons. The largest absolute Gasteiger partial charge is 0.463 e. The summed E-state index contributed by atoms with van der Waals surface area (Å²) in [6.07, 6.45) is -0.533. The van der Waals surface area contributed by atoms with Gasteiger partial charge in [-0.05, 0) is 24.5 Å². The maximum atomic E-state index is 10.0. The Kier molecular flexibility index (Phi) is 2.53. The molecule has 2 rings (SSSR count). The van der Waals surface area contributed by atoms with Gasteiger partial charge in [0.15, 0.2) is 0 Å². The van der Waals surface area contributed by atoms with Crippen LogP contribution in [0.1, 0.15) is 31.5 Å². The second kappa shape index (κ2) is 3.70. The van der Waals surface area contributed by atoms with Gasteiger partial charge in [0.05, 0.1) is 0 Å². The maximum absolute atomic E-state index is 10.0. The van der Waals surface area contributed by atoms with Crippen LogP contribution in [0.15, 0.2) is 28.7 Å². The van der Waals surface area contributed by atoms with Gasteiger partial charge in [-0.25, -0.2) is 0 Å². The lowest BCUT2D eigenvalue weighted by Crippen LogP contribution is -2.07. The van der Waals surface area contributed by atoms with E-state index in [4.69, 9.17) is 4.42 Å². The second-order valence-corrected chi connectivity index (χ2v) is 4.30. The molecule has 0 bridgehead atoms. The van der Waals surface area contributed by atoms with Gasteiger partial charge in [0, 0.05) is 5.56 Å². The van der Waals surface area contributed by atoms with Crippen LogP contribution in [0.25, 0.3) is 11.1 Å². The molecule has 0 amide bonds. The molecule has 1 aliphatic heterocycles. The van der Waals surface area contributed by atoms with Crippen LogP contribution in [0, 0.1) is 12.8 Å². The van der Waals surface area contributed by atoms with E-state index in [2.05, 4.69) is 0 Å². The van der Waals surface area contributed by atoms with Crippen molar-refractivity contribution in [3.8, 4) is 11.1 Å². The number of aryl methyl sites for hydroxylation is 1. The van der Waals surface area contributed by atoms with E-state index in [-0.39, 0.29) is 5.92 Å². The molecule has 0 spiro atoms. The Hall–Kier alpha value is -1.28. The Labute approximate surface area is 89.9 Å². The van der Waals surface area contributed by atoms with Gasteiger partial charge >= 0.3 is 0 Å². The predicted molar refractivity (Wildman–Crippen MR) is 59.9 cm³/mol. The zero-order valence-electron chi connectivity index (χ0n) is 9.32. The Morgan fingerprint density at radius 3 is 2.67 bits per heavy atom. The summed E-state index contributed by atoms with van der Waals surface area (Å²) in [6, 6.07) is 8.00. The first-order valence-corrected chi connectivity index (χ1v) is 5.26. The average molecular weight is 204 g/mol. The summed E-state index contributed by atoms with van der Waals surface area (Å²) in [6.45, 7) is 5.87. The lowest BCUT2D eigenvalue weighted by Gasteiger charge is -2.17. The number of hydrogen-bond donors (Lipinski definition) is 1. The number of aliphatic hydroxyl groups excluding tert-OH is 1. The normalized spacial score (nSPS) is 13.7. The van der Waals surface area contributed by atoms with Crippen molar-refractivity contribution in [1.82, 2.24) is 0 Å². The molecule has 1 heterocycles. The van der Waals surface area contributed by atoms with Crippen molar-refractivity contribution in [3.05, 3.63) is 35.8 Å². The van der Waals surface area contributed by atoms with Gasteiger partial charge in [-0.15, -0.1) is 0 Å². The molecule has 1 aliphatic carbocycles. The van der Waals surface area contributed by atoms with E-state index in [0.29, 0.717) is 5.76 Å². The number of hydrogen-bond acceptors (Lipinski definition) is 2. The molecule has 2 nitrogen and oxygen atoms in total. The fourth-order valence-electron chi connectivity index (χ4n) is 1.78. The van der Waals surface area contributed by atoms with Gasteiger partial charge in [-0.2, -0.15) is 0 Å². The standard InChI is InChI=1S/C13H16O2/c1-8(2)12(14)13-11-6-4-5-10(11)7-9(3)15-13/h4-8,12,14H,1-3H3. The zero-order chi connectivity index (χ0) is 11.0. The van der Waals surface area contributed by atoms with Crippen LogP contribution >= 0.6 is 0 Å². The van der Waals surface area contributed by atoms with Gasteiger partial charge in [-0.3, -0.25) is 0 Å². The van der Waals surface area contributed by atoms with E-state index < -0.39 is 6.10 Å². The highest BCUT2D eigenvalue weighted by atomic mass is 16.4. The van der Waals surface area contributed by atoms with Crippen LogP contribution in [0.5, 0.6) is 0 Å². The third-order valence-corrected chi connectivity index (χ3v) is 2.64. The highest BCUT2D eigenvalue weighted by molar-refractivity contribution is 5.68. The molecule has 15 heavy (non-hydrogen) atoms. The number of fused-ring (bicyclic) bond motifs is 1. The molecule has 2 heteroatoms. The minimum absolute atomic E-state index is 0.161. The van der Waals surface area contributed by atoms with Crippen LogP contribution in [0.3, 0.4) is 0 Å². The predicted octanol–water partition coefficient (Wildman–Crippen LogP) is 3.38. The summed E-state index contributed by atoms with van der Waals surface area (Å²) >= 11 is 0. The van der Waals surface area contributed by atoms with Crippen LogP contribution in [-0.2, 0) is 0 Å². The Bertz CT molecular complexity index is 428. The molecule has 0 saturated heterocycles. The quantitative estimate of drug-likeness (QED) is 0.813. The van der Waals surface area contributed by atoms with E-state index in [1.807, 2.05) is 45.0 Å². The highest BCUT2D eigenvalue weighted by Gasteiger charge is 2.21. The zero-order valence-corrected chi connectivity index (χ0v) is 9.32. The van der Waals surface area contributed by atoms with Crippen LogP contribution in [0.4, 0.5) is 0 Å². The molecule has 0 fully saturated rings. The summed E-state index contributed by atoms with van der Waals surface area (Å²) in [5.41, 5.74) is 2.15. The third-order valence-electron chi connectivity index (χ3n) is 2.64. The molecule has 0 saturated carbocycles. The molecule has 2 aliphatic rings. The Balaban J connectivity index is 2.55. The topological polar surface area (TPSA) is 33.4 Å². The van der Waals surface area contributed by atoms with Crippen LogP contribution < -0.4 is 0 Å². The van der Waals surface area contributed by atoms with Crippen molar-refractivity contribution >= 4 is 0 Å². The molecule has 1 N–H and O–H groups in total. The molecule has 0 aromatic carbocycles. The molecule has 1 unspecified atom stereocenters. The van der Waals surface area contributed by atoms with Gasteiger partial charge in [0.2, 0.25) is 0 Å². The second-order valence-electron chi connectivity index (χ2n) is 4.30. The van der Waals surface area contributed by atoms with Crippen molar-refractivity contribution in [1.29, 1.82) is 0 Å². The Morgan fingerprint density at radius 2 is 2.00 bits per heavy atom. The van der Waals surface area contributed by atoms with Crippen molar-refractivity contribution < 1.29 is 9.52 Å². The maximum Gasteiger partial charge on any atom is 0.140 e. The van der Waals surface area contributed by atoms with E-state index in [0.717, 1.165) is 16.9 Å². The van der Waals surface area contributed by atoms with Crippen molar-refractivity contribution in [2.45, 2.75) is 26.9 Å². The minimum atomic E-state index is -0.533. The van der Waals surface area contributed by atoms with Crippen molar-refractivity contribution in [2.75, 3.05) is 0 Å². The lowest BCUT2D eigenvalue weighted by molar-refractivity contribution is 0.100. The summed E-state index contributed by atoms with van der Waals surface area (Å²) in [5.74, 6) is 1.68. The summed E-state index contributed by atoms with van der Waals surface area (Å²) < 4.78 is 5.62. The average Bonchev–Trinajstić information content (AvgIpc) is 2.62. The van der Waals surface area contributed by atoms with E-state index in [1.54, 1.807) is 0 Å². The SMILES string of the molecule is Cc1cc2cccc-2c(C(O)C(C)C)o1. The van der Waals surface area contributed by atoms with Crippen LogP contribution in [-0.4, -0.2) is 5.11 Å². The van der Waals surface area contributed by atoms with E-state index >= 15 is 0 Å². The molecule has 1 atom stereocenters. The first-order chi connectivity index (χ1) is 7.09. The minimum Gasteiger partial charge on any atom is -0.463 e. The smallest absolute Gasteiger partial charge is 0.140 e. The monoisotopic (exact) mass is 204 g/mol. The fraction of sp³-hybridized carbons (Fsp3) is 0.385. The number of aliphatic hydroxyl groups is 1.